The van der Waals surface area contributed by atoms with E-state index in [1.54, 1.807) is 23.6 Å². The van der Waals surface area contributed by atoms with Gasteiger partial charge in [0.25, 0.3) is 0 Å². The molecule has 0 N–H and O–H groups in total. The molecule has 0 aliphatic heterocycles. The minimum absolute atomic E-state index is 0.649. The summed E-state index contributed by atoms with van der Waals surface area (Å²) >= 11 is 9.95. The lowest BCUT2D eigenvalue weighted by Gasteiger charge is -2.04. The summed E-state index contributed by atoms with van der Waals surface area (Å²) in [5.41, 5.74) is 2.24. The van der Waals surface area contributed by atoms with E-state index in [0.717, 1.165) is 31.8 Å². The first-order valence-corrected chi connectivity index (χ1v) is 11.4. The fraction of sp³-hybridized carbons (Fsp3) is 0.200. The van der Waals surface area contributed by atoms with Crippen molar-refractivity contribution in [3.63, 3.8) is 0 Å². The fourth-order valence-electron chi connectivity index (χ4n) is 2.63. The number of nitrogens with zero attached hydrogens (tertiary/aromatic N) is 6. The first-order valence-electron chi connectivity index (χ1n) is 9.04. The van der Waals surface area contributed by atoms with Gasteiger partial charge in [0.15, 0.2) is 4.60 Å². The number of benzene rings is 2. The standard InChI is InChI=1S/C10H9Br2N3O.C10H10BrN3O/c1-16-8-4-2-3-7(5-8)6-15-10(12)9(11)13-14-15;1-15-9-4-2-3-8(5-9)6-14-7-10(11)12-13-14/h2-5H,6H2,1H3;2-5,7H,6H2,1H3. The molecule has 0 radical (unpaired) electrons. The summed E-state index contributed by atoms with van der Waals surface area (Å²) in [7, 11) is 3.31. The zero-order chi connectivity index (χ0) is 22.2. The van der Waals surface area contributed by atoms with Gasteiger partial charge in [-0.3, -0.25) is 0 Å². The Morgan fingerprint density at radius 1 is 0.806 bits per heavy atom. The van der Waals surface area contributed by atoms with Gasteiger partial charge in [-0.2, -0.15) is 0 Å². The third-order valence-corrected chi connectivity index (χ3v) is 6.31. The molecule has 0 atom stereocenters. The Balaban J connectivity index is 0.000000176. The fourth-order valence-corrected chi connectivity index (χ4v) is 3.49. The highest BCUT2D eigenvalue weighted by Gasteiger charge is 2.07. The Kier molecular flexibility index (Phi) is 8.61. The predicted octanol–water partition coefficient (Wildman–Crippen LogP) is 4.96. The Hall–Kier alpha value is -2.24. The van der Waals surface area contributed by atoms with Crippen molar-refractivity contribution >= 4 is 47.8 Å². The molecule has 0 saturated heterocycles. The molecule has 162 valence electrons. The Labute approximate surface area is 204 Å². The maximum Gasteiger partial charge on any atom is 0.162 e. The average Bonchev–Trinajstić information content (AvgIpc) is 3.34. The molecule has 0 spiro atoms. The molecule has 0 unspecified atom stereocenters. The van der Waals surface area contributed by atoms with E-state index in [9.17, 15) is 0 Å². The van der Waals surface area contributed by atoms with E-state index in [2.05, 4.69) is 68.4 Å². The van der Waals surface area contributed by atoms with Gasteiger partial charge in [0.2, 0.25) is 0 Å². The monoisotopic (exact) mass is 612 g/mol. The van der Waals surface area contributed by atoms with Gasteiger partial charge in [0.1, 0.15) is 20.7 Å². The molecule has 2 aromatic carbocycles. The number of rotatable bonds is 6. The van der Waals surface area contributed by atoms with Crippen LogP contribution in [-0.2, 0) is 13.1 Å². The molecule has 4 aromatic rings. The first kappa shape index (κ1) is 23.4. The van der Waals surface area contributed by atoms with Crippen molar-refractivity contribution in [2.45, 2.75) is 13.1 Å². The summed E-state index contributed by atoms with van der Waals surface area (Å²) < 4.78 is 16.1. The summed E-state index contributed by atoms with van der Waals surface area (Å²) in [6, 6.07) is 15.7. The maximum absolute atomic E-state index is 5.16. The average molecular weight is 615 g/mol. The van der Waals surface area contributed by atoms with Crippen LogP contribution in [0, 0.1) is 0 Å². The predicted molar refractivity (Wildman–Crippen MR) is 127 cm³/mol. The van der Waals surface area contributed by atoms with Gasteiger partial charge in [-0.25, -0.2) is 9.36 Å². The summed E-state index contributed by atoms with van der Waals surface area (Å²) in [6.07, 6.45) is 1.83. The largest absolute Gasteiger partial charge is 0.497 e. The van der Waals surface area contributed by atoms with Crippen molar-refractivity contribution < 1.29 is 9.47 Å². The Bertz CT molecular complexity index is 1130. The number of ether oxygens (including phenoxy) is 2. The molecule has 2 heterocycles. The van der Waals surface area contributed by atoms with Crippen LogP contribution >= 0.6 is 47.8 Å². The maximum atomic E-state index is 5.16. The number of hydrogen-bond acceptors (Lipinski definition) is 6. The third-order valence-electron chi connectivity index (χ3n) is 4.09. The lowest BCUT2D eigenvalue weighted by Crippen LogP contribution is -2.02. The normalized spacial score (nSPS) is 10.4. The third kappa shape index (κ3) is 6.88. The smallest absolute Gasteiger partial charge is 0.162 e. The lowest BCUT2D eigenvalue weighted by atomic mass is 10.2. The van der Waals surface area contributed by atoms with Gasteiger partial charge < -0.3 is 9.47 Å². The lowest BCUT2D eigenvalue weighted by molar-refractivity contribution is 0.414. The zero-order valence-electron chi connectivity index (χ0n) is 16.7. The Morgan fingerprint density at radius 2 is 1.42 bits per heavy atom. The van der Waals surface area contributed by atoms with Crippen LogP contribution in [0.4, 0.5) is 0 Å². The van der Waals surface area contributed by atoms with Gasteiger partial charge in [0.05, 0.1) is 33.5 Å². The molecule has 0 bridgehead atoms. The van der Waals surface area contributed by atoms with Crippen molar-refractivity contribution in [3.8, 4) is 11.5 Å². The van der Waals surface area contributed by atoms with Crippen LogP contribution in [0.5, 0.6) is 11.5 Å². The molecule has 0 saturated carbocycles. The Morgan fingerprint density at radius 3 is 1.90 bits per heavy atom. The quantitative estimate of drug-likeness (QED) is 0.306. The van der Waals surface area contributed by atoms with E-state index in [4.69, 9.17) is 9.47 Å². The molecular weight excluding hydrogens is 596 g/mol. The summed E-state index contributed by atoms with van der Waals surface area (Å²) in [6.45, 7) is 1.34. The molecule has 4 rings (SSSR count). The summed E-state index contributed by atoms with van der Waals surface area (Å²) in [5, 5.41) is 15.7. The van der Waals surface area contributed by atoms with Crippen molar-refractivity contribution in [1.82, 2.24) is 30.0 Å². The van der Waals surface area contributed by atoms with E-state index in [-0.39, 0.29) is 0 Å². The number of halogens is 3. The van der Waals surface area contributed by atoms with Crippen molar-refractivity contribution in [2.75, 3.05) is 14.2 Å². The van der Waals surface area contributed by atoms with E-state index in [0.29, 0.717) is 17.7 Å². The summed E-state index contributed by atoms with van der Waals surface area (Å²) in [5.74, 6) is 1.69. The van der Waals surface area contributed by atoms with Crippen LogP contribution < -0.4 is 9.47 Å². The molecule has 8 nitrogen and oxygen atoms in total. The molecule has 0 amide bonds. The molecule has 31 heavy (non-hydrogen) atoms. The highest BCUT2D eigenvalue weighted by molar-refractivity contribution is 9.13. The highest BCUT2D eigenvalue weighted by atomic mass is 79.9. The van der Waals surface area contributed by atoms with E-state index in [1.165, 1.54) is 0 Å². The van der Waals surface area contributed by atoms with Crippen molar-refractivity contribution in [3.05, 3.63) is 79.7 Å². The summed E-state index contributed by atoms with van der Waals surface area (Å²) in [4.78, 5) is 0. The van der Waals surface area contributed by atoms with Crippen molar-refractivity contribution in [2.24, 2.45) is 0 Å². The minimum Gasteiger partial charge on any atom is -0.497 e. The number of methoxy groups -OCH3 is 2. The second-order valence-corrected chi connectivity index (χ2v) is 8.59. The molecule has 2 aromatic heterocycles. The molecule has 0 aliphatic rings. The van der Waals surface area contributed by atoms with Crippen molar-refractivity contribution in [1.29, 1.82) is 0 Å². The van der Waals surface area contributed by atoms with E-state index >= 15 is 0 Å². The zero-order valence-corrected chi connectivity index (χ0v) is 21.5. The second-order valence-electron chi connectivity index (χ2n) is 6.27. The minimum atomic E-state index is 0.649. The van der Waals surface area contributed by atoms with Crippen LogP contribution in [0.2, 0.25) is 0 Å². The van der Waals surface area contributed by atoms with Crippen LogP contribution in [0.25, 0.3) is 0 Å². The molecule has 0 aliphatic carbocycles. The van der Waals surface area contributed by atoms with Crippen LogP contribution in [-0.4, -0.2) is 44.2 Å². The highest BCUT2D eigenvalue weighted by Crippen LogP contribution is 2.21. The topological polar surface area (TPSA) is 79.9 Å². The second kappa shape index (κ2) is 11.4. The number of hydrogen-bond donors (Lipinski definition) is 0. The van der Waals surface area contributed by atoms with Crippen LogP contribution in [0.15, 0.2) is 68.5 Å². The van der Waals surface area contributed by atoms with Gasteiger partial charge in [-0.05, 0) is 83.2 Å². The molecule has 11 heteroatoms. The van der Waals surface area contributed by atoms with Crippen LogP contribution in [0.3, 0.4) is 0 Å². The van der Waals surface area contributed by atoms with Gasteiger partial charge in [0, 0.05) is 0 Å². The SMILES string of the molecule is COc1cccc(Cn2cc(Br)nn2)c1.COc1cccc(Cn2nnc(Br)c2Br)c1. The first-order chi connectivity index (χ1) is 15.0. The van der Waals surface area contributed by atoms with E-state index in [1.807, 2.05) is 54.7 Å². The number of aromatic nitrogens is 6. The van der Waals surface area contributed by atoms with E-state index < -0.39 is 0 Å². The molecule has 0 fully saturated rings. The van der Waals surface area contributed by atoms with Gasteiger partial charge in [-0.15, -0.1) is 10.2 Å². The molecular formula is C20H19Br3N6O2. The van der Waals surface area contributed by atoms with Gasteiger partial charge >= 0.3 is 0 Å². The van der Waals surface area contributed by atoms with Crippen LogP contribution in [0.1, 0.15) is 11.1 Å². The van der Waals surface area contributed by atoms with Gasteiger partial charge in [-0.1, -0.05) is 34.7 Å².